The van der Waals surface area contributed by atoms with Gasteiger partial charge in [-0.1, -0.05) is 30.3 Å². The van der Waals surface area contributed by atoms with E-state index in [2.05, 4.69) is 0 Å². The van der Waals surface area contributed by atoms with Crippen LogP contribution in [-0.2, 0) is 14.3 Å². The van der Waals surface area contributed by atoms with Crippen molar-refractivity contribution in [3.05, 3.63) is 65.0 Å². The number of carbonyl (C=O) groups excluding carboxylic acids is 2. The molecule has 0 radical (unpaired) electrons. The van der Waals surface area contributed by atoms with Gasteiger partial charge in [-0.2, -0.15) is 0 Å². The van der Waals surface area contributed by atoms with Crippen molar-refractivity contribution in [2.75, 3.05) is 26.3 Å². The summed E-state index contributed by atoms with van der Waals surface area (Å²) in [5, 5.41) is 0.788. The Morgan fingerprint density at radius 3 is 2.53 bits per heavy atom. The molecular formula is C25H25NO6. The summed E-state index contributed by atoms with van der Waals surface area (Å²) < 4.78 is 16.1. The summed E-state index contributed by atoms with van der Waals surface area (Å²) in [6.07, 6.45) is 1.18. The molecule has 1 fully saturated rings. The van der Waals surface area contributed by atoms with E-state index in [0.29, 0.717) is 43.9 Å². The van der Waals surface area contributed by atoms with E-state index in [1.54, 1.807) is 24.0 Å². The molecule has 1 aliphatic rings. The molecule has 2 heterocycles. The zero-order chi connectivity index (χ0) is 22.5. The Morgan fingerprint density at radius 1 is 1.06 bits per heavy atom. The predicted octanol–water partition coefficient (Wildman–Crippen LogP) is 3.64. The molecule has 7 nitrogen and oxygen atoms in total. The van der Waals surface area contributed by atoms with Crippen LogP contribution in [0.15, 0.2) is 63.8 Å². The first kappa shape index (κ1) is 21.6. The standard InChI is InChI=1S/C25H25NO6/c1-2-30-25(29)18-10-12-26(13-11-18)23(27)16-31-19-8-9-20-21(17-6-4-3-5-7-17)15-24(28)32-22(20)14-19/h3-9,14-15,18H,2,10-13,16H2,1H3. The van der Waals surface area contributed by atoms with Crippen molar-refractivity contribution in [2.24, 2.45) is 5.92 Å². The summed E-state index contributed by atoms with van der Waals surface area (Å²) in [4.78, 5) is 38.2. The Hall–Kier alpha value is -3.61. The van der Waals surface area contributed by atoms with E-state index in [-0.39, 0.29) is 24.4 Å². The third kappa shape index (κ3) is 4.82. The first-order chi connectivity index (χ1) is 15.5. The second-order valence-electron chi connectivity index (χ2n) is 7.70. The number of hydrogen-bond acceptors (Lipinski definition) is 6. The van der Waals surface area contributed by atoms with Gasteiger partial charge in [-0.25, -0.2) is 4.79 Å². The number of amides is 1. The Kier molecular flexibility index (Phi) is 6.54. The molecule has 166 valence electrons. The number of nitrogens with zero attached hydrogens (tertiary/aromatic N) is 1. The van der Waals surface area contributed by atoms with Crippen LogP contribution in [0.2, 0.25) is 0 Å². The second kappa shape index (κ2) is 9.68. The number of fused-ring (bicyclic) bond motifs is 1. The summed E-state index contributed by atoms with van der Waals surface area (Å²) in [5.41, 5.74) is 1.65. The van der Waals surface area contributed by atoms with Gasteiger partial charge < -0.3 is 18.8 Å². The van der Waals surface area contributed by atoms with Gasteiger partial charge in [-0.05, 0) is 43.0 Å². The average molecular weight is 435 g/mol. The Bertz CT molecular complexity index is 1160. The van der Waals surface area contributed by atoms with Crippen LogP contribution < -0.4 is 10.4 Å². The summed E-state index contributed by atoms with van der Waals surface area (Å²) in [5.74, 6) is -0.0435. The van der Waals surface area contributed by atoms with Crippen molar-refractivity contribution in [1.29, 1.82) is 0 Å². The molecule has 3 aromatic rings. The van der Waals surface area contributed by atoms with E-state index in [1.807, 2.05) is 36.4 Å². The molecule has 0 aliphatic carbocycles. The monoisotopic (exact) mass is 435 g/mol. The van der Waals surface area contributed by atoms with Gasteiger partial charge in [0.25, 0.3) is 5.91 Å². The molecule has 0 N–H and O–H groups in total. The van der Waals surface area contributed by atoms with Crippen LogP contribution in [0.3, 0.4) is 0 Å². The van der Waals surface area contributed by atoms with Gasteiger partial charge in [0.05, 0.1) is 12.5 Å². The number of benzene rings is 2. The van der Waals surface area contributed by atoms with E-state index >= 15 is 0 Å². The van der Waals surface area contributed by atoms with Gasteiger partial charge in [0, 0.05) is 30.6 Å². The van der Waals surface area contributed by atoms with Crippen LogP contribution in [0.4, 0.5) is 0 Å². The Morgan fingerprint density at radius 2 is 1.81 bits per heavy atom. The fourth-order valence-corrected chi connectivity index (χ4v) is 3.95. The molecule has 32 heavy (non-hydrogen) atoms. The number of carbonyl (C=O) groups is 2. The topological polar surface area (TPSA) is 86.0 Å². The van der Waals surface area contributed by atoms with Crippen LogP contribution >= 0.6 is 0 Å². The molecule has 1 saturated heterocycles. The van der Waals surface area contributed by atoms with E-state index in [9.17, 15) is 14.4 Å². The van der Waals surface area contributed by atoms with Crippen LogP contribution in [0.25, 0.3) is 22.1 Å². The third-order valence-electron chi connectivity index (χ3n) is 5.63. The SMILES string of the molecule is CCOC(=O)C1CCN(C(=O)COc2ccc3c(-c4ccccc4)cc(=O)oc3c2)CC1. The molecule has 1 aliphatic heterocycles. The lowest BCUT2D eigenvalue weighted by Gasteiger charge is -2.30. The number of esters is 1. The second-order valence-corrected chi connectivity index (χ2v) is 7.70. The fourth-order valence-electron chi connectivity index (χ4n) is 3.95. The van der Waals surface area contributed by atoms with Gasteiger partial charge in [0.1, 0.15) is 11.3 Å². The first-order valence-electron chi connectivity index (χ1n) is 10.8. The van der Waals surface area contributed by atoms with Crippen LogP contribution in [0, 0.1) is 5.92 Å². The van der Waals surface area contributed by atoms with E-state index in [4.69, 9.17) is 13.9 Å². The lowest BCUT2D eigenvalue weighted by molar-refractivity contribution is -0.151. The molecule has 1 aromatic heterocycles. The fraction of sp³-hybridized carbons (Fsp3) is 0.320. The Balaban J connectivity index is 1.41. The van der Waals surface area contributed by atoms with Gasteiger partial charge in [0.2, 0.25) is 0 Å². The maximum absolute atomic E-state index is 12.5. The first-order valence-corrected chi connectivity index (χ1v) is 10.8. The average Bonchev–Trinajstić information content (AvgIpc) is 2.82. The van der Waals surface area contributed by atoms with E-state index in [0.717, 1.165) is 16.5 Å². The molecule has 0 spiro atoms. The molecule has 2 aromatic carbocycles. The summed E-state index contributed by atoms with van der Waals surface area (Å²) in [6, 6.07) is 16.3. The van der Waals surface area contributed by atoms with Gasteiger partial charge in [0.15, 0.2) is 6.61 Å². The minimum atomic E-state index is -0.450. The molecule has 4 rings (SSSR count). The number of ether oxygens (including phenoxy) is 2. The summed E-state index contributed by atoms with van der Waals surface area (Å²) in [6.45, 7) is 3.02. The van der Waals surface area contributed by atoms with Crippen LogP contribution in [-0.4, -0.2) is 43.1 Å². The molecule has 0 unspecified atom stereocenters. The van der Waals surface area contributed by atoms with Crippen LogP contribution in [0.5, 0.6) is 5.75 Å². The van der Waals surface area contributed by atoms with Crippen molar-refractivity contribution >= 4 is 22.8 Å². The summed E-state index contributed by atoms with van der Waals surface area (Å²) in [7, 11) is 0. The van der Waals surface area contributed by atoms with Crippen molar-refractivity contribution < 1.29 is 23.5 Å². The maximum Gasteiger partial charge on any atom is 0.336 e. The number of piperidine rings is 1. The highest BCUT2D eigenvalue weighted by atomic mass is 16.5. The lowest BCUT2D eigenvalue weighted by atomic mass is 9.97. The van der Waals surface area contributed by atoms with Crippen molar-refractivity contribution in [3.8, 4) is 16.9 Å². The number of hydrogen-bond donors (Lipinski definition) is 0. The highest BCUT2D eigenvalue weighted by Crippen LogP contribution is 2.29. The maximum atomic E-state index is 12.5. The van der Waals surface area contributed by atoms with Crippen LogP contribution in [0.1, 0.15) is 19.8 Å². The Labute approximate surface area is 185 Å². The highest BCUT2D eigenvalue weighted by molar-refractivity contribution is 5.93. The number of likely N-dealkylation sites (tertiary alicyclic amines) is 1. The molecular weight excluding hydrogens is 410 g/mol. The normalized spacial score (nSPS) is 14.3. The molecule has 0 atom stereocenters. The van der Waals surface area contributed by atoms with E-state index in [1.165, 1.54) is 6.07 Å². The smallest absolute Gasteiger partial charge is 0.336 e. The zero-order valence-electron chi connectivity index (χ0n) is 17.9. The molecule has 1 amide bonds. The van der Waals surface area contributed by atoms with Gasteiger partial charge >= 0.3 is 11.6 Å². The molecule has 0 saturated carbocycles. The minimum absolute atomic E-state index is 0.127. The molecule has 7 heteroatoms. The van der Waals surface area contributed by atoms with Crippen molar-refractivity contribution in [1.82, 2.24) is 4.90 Å². The van der Waals surface area contributed by atoms with E-state index < -0.39 is 5.63 Å². The third-order valence-corrected chi connectivity index (χ3v) is 5.63. The highest BCUT2D eigenvalue weighted by Gasteiger charge is 2.28. The number of rotatable bonds is 6. The lowest BCUT2D eigenvalue weighted by Crippen LogP contribution is -2.42. The predicted molar refractivity (Wildman–Crippen MR) is 119 cm³/mol. The zero-order valence-corrected chi connectivity index (χ0v) is 17.9. The van der Waals surface area contributed by atoms with Crippen molar-refractivity contribution in [2.45, 2.75) is 19.8 Å². The van der Waals surface area contributed by atoms with Crippen molar-refractivity contribution in [3.63, 3.8) is 0 Å². The summed E-state index contributed by atoms with van der Waals surface area (Å²) >= 11 is 0. The molecule has 0 bridgehead atoms. The quantitative estimate of drug-likeness (QED) is 0.434. The minimum Gasteiger partial charge on any atom is -0.484 e. The largest absolute Gasteiger partial charge is 0.484 e. The van der Waals surface area contributed by atoms with Gasteiger partial charge in [-0.3, -0.25) is 9.59 Å². The van der Waals surface area contributed by atoms with Gasteiger partial charge in [-0.15, -0.1) is 0 Å².